The van der Waals surface area contributed by atoms with Crippen molar-refractivity contribution < 1.29 is 9.53 Å². The summed E-state index contributed by atoms with van der Waals surface area (Å²) < 4.78 is 5.66. The summed E-state index contributed by atoms with van der Waals surface area (Å²) in [6, 6.07) is 16.0. The molecule has 1 amide bonds. The second kappa shape index (κ2) is 6.02. The Kier molecular flexibility index (Phi) is 4.15. The first-order valence-corrected chi connectivity index (χ1v) is 6.01. The maximum atomic E-state index is 11.4. The first-order valence-electron chi connectivity index (χ1n) is 6.01. The van der Waals surface area contributed by atoms with Crippen LogP contribution in [-0.4, -0.2) is 13.0 Å². The average Bonchev–Trinajstić information content (AvgIpc) is 2.47. The fourth-order valence-corrected chi connectivity index (χ4v) is 1.67. The third kappa shape index (κ3) is 3.33. The number of nitrogens with one attached hydrogen (secondary N) is 1. The zero-order chi connectivity index (χ0) is 13.7. The summed E-state index contributed by atoms with van der Waals surface area (Å²) in [6.45, 7) is 0. The molecule has 4 nitrogen and oxygen atoms in total. The van der Waals surface area contributed by atoms with Crippen LogP contribution < -0.4 is 15.8 Å². The van der Waals surface area contributed by atoms with Gasteiger partial charge in [0.2, 0.25) is 5.91 Å². The number of benzene rings is 2. The molecule has 0 saturated heterocycles. The van der Waals surface area contributed by atoms with Crippen molar-refractivity contribution in [1.82, 2.24) is 5.32 Å². The van der Waals surface area contributed by atoms with Crippen LogP contribution in [0.1, 0.15) is 11.6 Å². The van der Waals surface area contributed by atoms with Crippen LogP contribution in [0, 0.1) is 0 Å². The Morgan fingerprint density at radius 1 is 1.05 bits per heavy atom. The van der Waals surface area contributed by atoms with Gasteiger partial charge < -0.3 is 15.8 Å². The number of carbonyl (C=O) groups is 1. The van der Waals surface area contributed by atoms with Crippen molar-refractivity contribution in [2.45, 2.75) is 6.04 Å². The van der Waals surface area contributed by atoms with Gasteiger partial charge in [0.15, 0.2) is 0 Å². The van der Waals surface area contributed by atoms with E-state index >= 15 is 0 Å². The molecule has 0 bridgehead atoms. The smallest absolute Gasteiger partial charge is 0.241 e. The van der Waals surface area contributed by atoms with Crippen molar-refractivity contribution in [2.24, 2.45) is 5.73 Å². The summed E-state index contributed by atoms with van der Waals surface area (Å²) in [6.07, 6.45) is 0. The molecule has 0 saturated carbocycles. The van der Waals surface area contributed by atoms with Gasteiger partial charge in [0, 0.05) is 7.05 Å². The normalized spacial score (nSPS) is 11.7. The molecule has 0 aliphatic rings. The molecular formula is C15H16N2O2. The lowest BCUT2D eigenvalue weighted by atomic mass is 10.1. The van der Waals surface area contributed by atoms with E-state index < -0.39 is 6.04 Å². The van der Waals surface area contributed by atoms with Crippen molar-refractivity contribution in [3.05, 3.63) is 60.2 Å². The number of ether oxygens (including phenoxy) is 1. The highest BCUT2D eigenvalue weighted by molar-refractivity contribution is 5.82. The third-order valence-electron chi connectivity index (χ3n) is 2.75. The Labute approximate surface area is 112 Å². The van der Waals surface area contributed by atoms with Crippen LogP contribution in [0.3, 0.4) is 0 Å². The van der Waals surface area contributed by atoms with Crippen molar-refractivity contribution in [1.29, 1.82) is 0 Å². The zero-order valence-corrected chi connectivity index (χ0v) is 10.7. The van der Waals surface area contributed by atoms with Gasteiger partial charge in [-0.2, -0.15) is 0 Å². The van der Waals surface area contributed by atoms with E-state index in [1.165, 1.54) is 0 Å². The zero-order valence-electron chi connectivity index (χ0n) is 10.7. The standard InChI is InChI=1S/C15H16N2O2/c1-17-15(18)14(16)11-7-9-13(10-8-11)19-12-5-3-2-4-6-12/h2-10,14H,16H2,1H3,(H,17,18). The largest absolute Gasteiger partial charge is 0.457 e. The highest BCUT2D eigenvalue weighted by atomic mass is 16.5. The molecule has 2 rings (SSSR count). The van der Waals surface area contributed by atoms with Gasteiger partial charge in [0.1, 0.15) is 17.5 Å². The summed E-state index contributed by atoms with van der Waals surface area (Å²) in [7, 11) is 1.56. The number of hydrogen-bond acceptors (Lipinski definition) is 3. The topological polar surface area (TPSA) is 64.4 Å². The van der Waals surface area contributed by atoms with Crippen LogP contribution in [0.25, 0.3) is 0 Å². The minimum atomic E-state index is -0.657. The molecule has 2 aromatic rings. The van der Waals surface area contributed by atoms with Crippen molar-refractivity contribution >= 4 is 5.91 Å². The molecule has 0 heterocycles. The molecule has 4 heteroatoms. The minimum absolute atomic E-state index is 0.211. The Balaban J connectivity index is 2.08. The van der Waals surface area contributed by atoms with E-state index in [-0.39, 0.29) is 5.91 Å². The van der Waals surface area contributed by atoms with Gasteiger partial charge in [-0.1, -0.05) is 30.3 Å². The Bertz CT molecular complexity index is 538. The van der Waals surface area contributed by atoms with E-state index in [4.69, 9.17) is 10.5 Å². The lowest BCUT2D eigenvalue weighted by molar-refractivity contribution is -0.121. The number of nitrogens with two attached hydrogens (primary N) is 1. The van der Waals surface area contributed by atoms with E-state index in [0.717, 1.165) is 11.3 Å². The van der Waals surface area contributed by atoms with Gasteiger partial charge in [-0.05, 0) is 29.8 Å². The summed E-state index contributed by atoms with van der Waals surface area (Å²) >= 11 is 0. The fourth-order valence-electron chi connectivity index (χ4n) is 1.67. The molecule has 1 unspecified atom stereocenters. The van der Waals surface area contributed by atoms with E-state index in [1.54, 1.807) is 31.3 Å². The van der Waals surface area contributed by atoms with E-state index in [9.17, 15) is 4.79 Å². The Morgan fingerprint density at radius 3 is 2.21 bits per heavy atom. The lowest BCUT2D eigenvalue weighted by Crippen LogP contribution is -2.31. The highest BCUT2D eigenvalue weighted by Crippen LogP contribution is 2.22. The molecule has 2 aromatic carbocycles. The molecule has 3 N–H and O–H groups in total. The first-order chi connectivity index (χ1) is 9.20. The highest BCUT2D eigenvalue weighted by Gasteiger charge is 2.13. The molecule has 0 aliphatic carbocycles. The SMILES string of the molecule is CNC(=O)C(N)c1ccc(Oc2ccccc2)cc1. The molecule has 19 heavy (non-hydrogen) atoms. The summed E-state index contributed by atoms with van der Waals surface area (Å²) in [5.41, 5.74) is 6.55. The van der Waals surface area contributed by atoms with Gasteiger partial charge in [0.25, 0.3) is 0 Å². The van der Waals surface area contributed by atoms with E-state index in [2.05, 4.69) is 5.32 Å². The second-order valence-corrected chi connectivity index (χ2v) is 4.08. The van der Waals surface area contributed by atoms with Crippen molar-refractivity contribution in [3.63, 3.8) is 0 Å². The van der Waals surface area contributed by atoms with Crippen molar-refractivity contribution in [3.8, 4) is 11.5 Å². The molecule has 0 aromatic heterocycles. The van der Waals surface area contributed by atoms with Crippen LogP contribution in [0.4, 0.5) is 0 Å². The Hall–Kier alpha value is -2.33. The summed E-state index contributed by atoms with van der Waals surface area (Å²) in [5.74, 6) is 1.27. The molecule has 0 spiro atoms. The van der Waals surface area contributed by atoms with Crippen LogP contribution in [-0.2, 0) is 4.79 Å². The van der Waals surface area contributed by atoms with Gasteiger partial charge in [-0.3, -0.25) is 4.79 Å². The van der Waals surface area contributed by atoms with Crippen LogP contribution in [0.5, 0.6) is 11.5 Å². The number of para-hydroxylation sites is 1. The number of rotatable bonds is 4. The van der Waals surface area contributed by atoms with Crippen LogP contribution >= 0.6 is 0 Å². The number of hydrogen-bond donors (Lipinski definition) is 2. The van der Waals surface area contributed by atoms with Gasteiger partial charge in [0.05, 0.1) is 0 Å². The maximum Gasteiger partial charge on any atom is 0.241 e. The molecule has 0 fully saturated rings. The van der Waals surface area contributed by atoms with Gasteiger partial charge >= 0.3 is 0 Å². The quantitative estimate of drug-likeness (QED) is 0.881. The predicted molar refractivity (Wildman–Crippen MR) is 74.0 cm³/mol. The fraction of sp³-hybridized carbons (Fsp3) is 0.133. The number of likely N-dealkylation sites (N-methyl/N-ethyl adjacent to an activating group) is 1. The summed E-state index contributed by atoms with van der Waals surface area (Å²) in [5, 5.41) is 2.52. The molecule has 1 atom stereocenters. The lowest BCUT2D eigenvalue weighted by Gasteiger charge is -2.11. The average molecular weight is 256 g/mol. The van der Waals surface area contributed by atoms with Gasteiger partial charge in [-0.25, -0.2) is 0 Å². The monoisotopic (exact) mass is 256 g/mol. The summed E-state index contributed by atoms with van der Waals surface area (Å²) in [4.78, 5) is 11.4. The van der Waals surface area contributed by atoms with E-state index in [0.29, 0.717) is 5.75 Å². The van der Waals surface area contributed by atoms with Crippen molar-refractivity contribution in [2.75, 3.05) is 7.05 Å². The predicted octanol–water partition coefficient (Wildman–Crippen LogP) is 2.22. The molecular weight excluding hydrogens is 240 g/mol. The van der Waals surface area contributed by atoms with E-state index in [1.807, 2.05) is 30.3 Å². The van der Waals surface area contributed by atoms with Gasteiger partial charge in [-0.15, -0.1) is 0 Å². The molecule has 0 aliphatic heterocycles. The van der Waals surface area contributed by atoms with Crippen LogP contribution in [0.15, 0.2) is 54.6 Å². The minimum Gasteiger partial charge on any atom is -0.457 e. The third-order valence-corrected chi connectivity index (χ3v) is 2.75. The van der Waals surface area contributed by atoms with Crippen LogP contribution in [0.2, 0.25) is 0 Å². The number of amides is 1. The molecule has 98 valence electrons. The Morgan fingerprint density at radius 2 is 1.63 bits per heavy atom. The maximum absolute atomic E-state index is 11.4. The molecule has 0 radical (unpaired) electrons. The first kappa shape index (κ1) is 13.1. The second-order valence-electron chi connectivity index (χ2n) is 4.08. The number of carbonyl (C=O) groups excluding carboxylic acids is 1.